The Labute approximate surface area is 162 Å². The van der Waals surface area contributed by atoms with Gasteiger partial charge in [0.2, 0.25) is 0 Å². The van der Waals surface area contributed by atoms with Crippen molar-refractivity contribution in [1.82, 2.24) is 10.2 Å². The zero-order valence-corrected chi connectivity index (χ0v) is 17.0. The van der Waals surface area contributed by atoms with E-state index in [1.807, 2.05) is 36.4 Å². The second kappa shape index (κ2) is 8.30. The van der Waals surface area contributed by atoms with Gasteiger partial charge in [-0.05, 0) is 67.1 Å². The molecule has 1 saturated heterocycles. The molecule has 0 spiro atoms. The Bertz CT molecular complexity index is 721. The highest BCUT2D eigenvalue weighted by Crippen LogP contribution is 2.27. The molecule has 4 heteroatoms. The van der Waals surface area contributed by atoms with Crippen molar-refractivity contribution in [2.45, 2.75) is 52.0 Å². The topological polar surface area (TPSA) is 45.5 Å². The summed E-state index contributed by atoms with van der Waals surface area (Å²) in [5.41, 5.74) is 2.02. The second-order valence-electron chi connectivity index (χ2n) is 8.79. The fourth-order valence-electron chi connectivity index (χ4n) is 3.64. The molecule has 2 heterocycles. The molecule has 2 aromatic rings. The summed E-state index contributed by atoms with van der Waals surface area (Å²) in [6.07, 6.45) is 4.10. The summed E-state index contributed by atoms with van der Waals surface area (Å²) >= 11 is 0. The van der Waals surface area contributed by atoms with Crippen LogP contribution in [0.5, 0.6) is 0 Å². The van der Waals surface area contributed by atoms with Crippen molar-refractivity contribution in [3.63, 3.8) is 0 Å². The summed E-state index contributed by atoms with van der Waals surface area (Å²) in [6.45, 7) is 11.5. The summed E-state index contributed by atoms with van der Waals surface area (Å²) in [6, 6.07) is 11.9. The molecule has 27 heavy (non-hydrogen) atoms. The molecule has 146 valence electrons. The van der Waals surface area contributed by atoms with Crippen LogP contribution in [0.3, 0.4) is 0 Å². The molecule has 0 aliphatic carbocycles. The molecular weight excluding hydrogens is 336 g/mol. The predicted molar refractivity (Wildman–Crippen MR) is 109 cm³/mol. The zero-order valence-electron chi connectivity index (χ0n) is 17.0. The van der Waals surface area contributed by atoms with Crippen LogP contribution in [-0.4, -0.2) is 30.4 Å². The molecule has 1 atom stereocenters. The summed E-state index contributed by atoms with van der Waals surface area (Å²) < 4.78 is 5.67. The number of nitrogens with one attached hydrogen (secondary N) is 1. The number of likely N-dealkylation sites (tertiary alicyclic amines) is 1. The Morgan fingerprint density at radius 1 is 1.19 bits per heavy atom. The molecule has 3 rings (SSSR count). The third-order valence-electron chi connectivity index (χ3n) is 5.60. The van der Waals surface area contributed by atoms with E-state index in [1.165, 1.54) is 18.4 Å². The SMILES string of the molecule is CC1CCN(C(CNC(=O)c2ccc(C(C)(C)C)cc2)c2ccco2)CC1. The molecule has 1 aliphatic heterocycles. The van der Waals surface area contributed by atoms with Crippen LogP contribution in [0.2, 0.25) is 0 Å². The summed E-state index contributed by atoms with van der Waals surface area (Å²) in [7, 11) is 0. The smallest absolute Gasteiger partial charge is 0.251 e. The Kier molecular flexibility index (Phi) is 6.05. The van der Waals surface area contributed by atoms with Gasteiger partial charge in [-0.3, -0.25) is 9.69 Å². The van der Waals surface area contributed by atoms with Crippen molar-refractivity contribution >= 4 is 5.91 Å². The molecule has 1 aromatic carbocycles. The van der Waals surface area contributed by atoms with Gasteiger partial charge in [-0.15, -0.1) is 0 Å². The van der Waals surface area contributed by atoms with Gasteiger partial charge in [0.15, 0.2) is 0 Å². The van der Waals surface area contributed by atoms with E-state index in [0.717, 1.165) is 24.8 Å². The number of rotatable bonds is 5. The van der Waals surface area contributed by atoms with Crippen LogP contribution in [-0.2, 0) is 5.41 Å². The Morgan fingerprint density at radius 2 is 1.85 bits per heavy atom. The Balaban J connectivity index is 1.65. The van der Waals surface area contributed by atoms with Gasteiger partial charge in [0.05, 0.1) is 12.3 Å². The highest BCUT2D eigenvalue weighted by Gasteiger charge is 2.27. The average Bonchev–Trinajstić information content (AvgIpc) is 3.17. The highest BCUT2D eigenvalue weighted by atomic mass is 16.3. The molecule has 1 aromatic heterocycles. The number of piperidine rings is 1. The second-order valence-corrected chi connectivity index (χ2v) is 8.79. The van der Waals surface area contributed by atoms with Crippen LogP contribution < -0.4 is 5.32 Å². The van der Waals surface area contributed by atoms with Crippen molar-refractivity contribution in [1.29, 1.82) is 0 Å². The molecule has 4 nitrogen and oxygen atoms in total. The summed E-state index contributed by atoms with van der Waals surface area (Å²) in [5, 5.41) is 3.11. The molecular formula is C23H32N2O2. The fourth-order valence-corrected chi connectivity index (χ4v) is 3.64. The van der Waals surface area contributed by atoms with Gasteiger partial charge in [-0.2, -0.15) is 0 Å². The van der Waals surface area contributed by atoms with Crippen molar-refractivity contribution in [2.75, 3.05) is 19.6 Å². The summed E-state index contributed by atoms with van der Waals surface area (Å²) in [4.78, 5) is 15.1. The van der Waals surface area contributed by atoms with Crippen molar-refractivity contribution in [3.8, 4) is 0 Å². The standard InChI is InChI=1S/C23H32N2O2/c1-17-11-13-25(14-12-17)20(21-6-5-15-27-21)16-24-22(26)18-7-9-19(10-8-18)23(2,3)4/h5-10,15,17,20H,11-14,16H2,1-4H3,(H,24,26). The van der Waals surface area contributed by atoms with Crippen LogP contribution >= 0.6 is 0 Å². The summed E-state index contributed by atoms with van der Waals surface area (Å²) in [5.74, 6) is 1.67. The van der Waals surface area contributed by atoms with Gasteiger partial charge >= 0.3 is 0 Å². The van der Waals surface area contributed by atoms with Crippen molar-refractivity contribution in [3.05, 3.63) is 59.5 Å². The number of hydrogen-bond donors (Lipinski definition) is 1. The minimum Gasteiger partial charge on any atom is -0.468 e. The first kappa shape index (κ1) is 19.7. The first-order valence-corrected chi connectivity index (χ1v) is 10.0. The van der Waals surface area contributed by atoms with Gasteiger partial charge in [-0.25, -0.2) is 0 Å². The quantitative estimate of drug-likeness (QED) is 0.826. The number of benzene rings is 1. The molecule has 0 saturated carbocycles. The molecule has 1 amide bonds. The number of amides is 1. The normalized spacial score (nSPS) is 17.6. The van der Waals surface area contributed by atoms with Crippen LogP contribution in [0.4, 0.5) is 0 Å². The molecule has 0 bridgehead atoms. The third kappa shape index (κ3) is 5.01. The lowest BCUT2D eigenvalue weighted by Crippen LogP contribution is -2.41. The van der Waals surface area contributed by atoms with Crippen LogP contribution in [0.1, 0.15) is 68.3 Å². The molecule has 1 unspecified atom stereocenters. The number of furan rings is 1. The van der Waals surface area contributed by atoms with E-state index in [2.05, 4.69) is 37.9 Å². The van der Waals surface area contributed by atoms with Gasteiger partial charge in [0.1, 0.15) is 5.76 Å². The minimum absolute atomic E-state index is 0.0302. The van der Waals surface area contributed by atoms with E-state index in [9.17, 15) is 4.79 Å². The van der Waals surface area contributed by atoms with E-state index in [1.54, 1.807) is 6.26 Å². The lowest BCUT2D eigenvalue weighted by molar-refractivity contribution is 0.0895. The van der Waals surface area contributed by atoms with Gasteiger partial charge in [0, 0.05) is 12.1 Å². The number of carbonyl (C=O) groups excluding carboxylic acids is 1. The predicted octanol–water partition coefficient (Wildman–Crippen LogP) is 4.78. The number of carbonyl (C=O) groups is 1. The number of hydrogen-bond acceptors (Lipinski definition) is 3. The van der Waals surface area contributed by atoms with Gasteiger partial charge in [-0.1, -0.05) is 39.8 Å². The first-order valence-electron chi connectivity index (χ1n) is 10.0. The maximum atomic E-state index is 12.7. The van der Waals surface area contributed by atoms with Crippen LogP contribution in [0.25, 0.3) is 0 Å². The molecule has 0 radical (unpaired) electrons. The first-order chi connectivity index (χ1) is 12.8. The minimum atomic E-state index is -0.0302. The monoisotopic (exact) mass is 368 g/mol. The van der Waals surface area contributed by atoms with Crippen molar-refractivity contribution in [2.24, 2.45) is 5.92 Å². The van der Waals surface area contributed by atoms with E-state index < -0.39 is 0 Å². The Morgan fingerprint density at radius 3 is 2.41 bits per heavy atom. The van der Waals surface area contributed by atoms with E-state index in [4.69, 9.17) is 4.42 Å². The maximum Gasteiger partial charge on any atom is 0.251 e. The van der Waals surface area contributed by atoms with Crippen molar-refractivity contribution < 1.29 is 9.21 Å². The molecule has 1 N–H and O–H groups in total. The maximum absolute atomic E-state index is 12.7. The highest BCUT2D eigenvalue weighted by molar-refractivity contribution is 5.94. The lowest BCUT2D eigenvalue weighted by atomic mass is 9.87. The largest absolute Gasteiger partial charge is 0.468 e. The molecule has 1 aliphatic rings. The zero-order chi connectivity index (χ0) is 19.4. The third-order valence-corrected chi connectivity index (χ3v) is 5.60. The fraction of sp³-hybridized carbons (Fsp3) is 0.522. The van der Waals surface area contributed by atoms with E-state index in [0.29, 0.717) is 12.1 Å². The van der Waals surface area contributed by atoms with E-state index >= 15 is 0 Å². The number of nitrogens with zero attached hydrogens (tertiary/aromatic N) is 1. The van der Waals surface area contributed by atoms with Crippen LogP contribution in [0, 0.1) is 5.92 Å². The Hall–Kier alpha value is -2.07. The van der Waals surface area contributed by atoms with Gasteiger partial charge < -0.3 is 9.73 Å². The lowest BCUT2D eigenvalue weighted by Gasteiger charge is -2.35. The van der Waals surface area contributed by atoms with Crippen LogP contribution in [0.15, 0.2) is 47.1 Å². The van der Waals surface area contributed by atoms with Gasteiger partial charge in [0.25, 0.3) is 5.91 Å². The molecule has 1 fully saturated rings. The van der Waals surface area contributed by atoms with E-state index in [-0.39, 0.29) is 17.4 Å². The average molecular weight is 369 g/mol.